The van der Waals surface area contributed by atoms with Crippen molar-refractivity contribution >= 4 is 29.6 Å². The van der Waals surface area contributed by atoms with E-state index in [1.807, 2.05) is 36.4 Å². The Labute approximate surface area is 154 Å². The minimum absolute atomic E-state index is 0.239. The van der Waals surface area contributed by atoms with Gasteiger partial charge in [-0.25, -0.2) is 4.57 Å². The zero-order valence-corrected chi connectivity index (χ0v) is 14.8. The van der Waals surface area contributed by atoms with Crippen LogP contribution >= 0.6 is 7.82 Å². The highest BCUT2D eigenvalue weighted by atomic mass is 31.2. The summed E-state index contributed by atoms with van der Waals surface area (Å²) in [7, 11) is -4.64. The molecule has 4 aromatic rings. The maximum Gasteiger partial charge on any atom is 0.466 e. The quantitative estimate of drug-likeness (QED) is 0.289. The summed E-state index contributed by atoms with van der Waals surface area (Å²) in [5.41, 5.74) is 1.32. The first-order chi connectivity index (χ1) is 12.8. The highest BCUT2D eigenvalue weighted by molar-refractivity contribution is 7.45. The van der Waals surface area contributed by atoms with Crippen LogP contribution in [-0.4, -0.2) is 34.9 Å². The molecule has 2 heterocycles. The molecule has 0 amide bonds. The third-order valence-electron chi connectivity index (χ3n) is 3.22. The van der Waals surface area contributed by atoms with Crippen LogP contribution in [0.15, 0.2) is 73.1 Å². The number of hydrogen-bond donors (Lipinski definition) is 5. The van der Waals surface area contributed by atoms with Gasteiger partial charge >= 0.3 is 7.82 Å². The summed E-state index contributed by atoms with van der Waals surface area (Å²) in [4.78, 5) is 29.6. The molecule has 0 aliphatic carbocycles. The molecule has 9 heteroatoms. The number of rotatable bonds is 0. The number of phenols is 2. The molecule has 0 saturated carbocycles. The van der Waals surface area contributed by atoms with Crippen LogP contribution < -0.4 is 0 Å². The first kappa shape index (κ1) is 20.3. The fraction of sp³-hybridized carbons (Fsp3) is 0. The Morgan fingerprint density at radius 3 is 1.30 bits per heavy atom. The van der Waals surface area contributed by atoms with Crippen molar-refractivity contribution in [3.05, 3.63) is 73.1 Å². The van der Waals surface area contributed by atoms with Gasteiger partial charge < -0.3 is 24.9 Å². The van der Waals surface area contributed by atoms with Gasteiger partial charge in [0.25, 0.3) is 0 Å². The predicted octanol–water partition coefficient (Wildman–Crippen LogP) is 2.95. The number of para-hydroxylation sites is 2. The summed E-state index contributed by atoms with van der Waals surface area (Å²) < 4.78 is 8.88. The summed E-state index contributed by atoms with van der Waals surface area (Å²) in [5.74, 6) is 0.478. The highest BCUT2D eigenvalue weighted by Crippen LogP contribution is 2.26. The van der Waals surface area contributed by atoms with Crippen molar-refractivity contribution in [1.29, 1.82) is 0 Å². The van der Waals surface area contributed by atoms with Crippen LogP contribution in [0.4, 0.5) is 0 Å². The van der Waals surface area contributed by atoms with E-state index in [9.17, 15) is 10.2 Å². The van der Waals surface area contributed by atoms with Crippen LogP contribution in [0.3, 0.4) is 0 Å². The molecule has 0 atom stereocenters. The van der Waals surface area contributed by atoms with Gasteiger partial charge in [0.05, 0.1) is 0 Å². The maximum atomic E-state index is 9.31. The van der Waals surface area contributed by atoms with E-state index in [4.69, 9.17) is 19.2 Å². The van der Waals surface area contributed by atoms with E-state index in [1.54, 1.807) is 36.7 Å². The number of benzene rings is 2. The zero-order chi connectivity index (χ0) is 19.9. The molecule has 0 spiro atoms. The van der Waals surface area contributed by atoms with Crippen LogP contribution in [0.1, 0.15) is 0 Å². The largest absolute Gasteiger partial charge is 0.506 e. The van der Waals surface area contributed by atoms with Crippen molar-refractivity contribution in [2.75, 3.05) is 0 Å². The predicted molar refractivity (Wildman–Crippen MR) is 101 cm³/mol. The summed E-state index contributed by atoms with van der Waals surface area (Å²) in [5, 5.41) is 20.5. The molecule has 4 rings (SSSR count). The molecule has 27 heavy (non-hydrogen) atoms. The number of aromatic nitrogens is 2. The summed E-state index contributed by atoms with van der Waals surface area (Å²) >= 11 is 0. The van der Waals surface area contributed by atoms with Crippen molar-refractivity contribution in [3.8, 4) is 11.5 Å². The molecule has 8 nitrogen and oxygen atoms in total. The minimum atomic E-state index is -4.64. The molecule has 5 N–H and O–H groups in total. The number of phosphoric acid groups is 1. The molecule has 0 fully saturated rings. The van der Waals surface area contributed by atoms with Crippen molar-refractivity contribution in [1.82, 2.24) is 9.97 Å². The van der Waals surface area contributed by atoms with Crippen molar-refractivity contribution < 1.29 is 29.5 Å². The molecule has 2 aromatic carbocycles. The van der Waals surface area contributed by atoms with Gasteiger partial charge in [-0.1, -0.05) is 36.4 Å². The fourth-order valence-corrected chi connectivity index (χ4v) is 2.18. The Kier molecular flexibility index (Phi) is 6.81. The number of nitrogens with zero attached hydrogens (tertiary/aromatic N) is 2. The van der Waals surface area contributed by atoms with Gasteiger partial charge in [0.1, 0.15) is 22.5 Å². The van der Waals surface area contributed by atoms with Gasteiger partial charge in [-0.2, -0.15) is 0 Å². The Balaban J connectivity index is 0.000000157. The van der Waals surface area contributed by atoms with E-state index in [0.29, 0.717) is 11.0 Å². The van der Waals surface area contributed by atoms with Gasteiger partial charge in [0.15, 0.2) is 0 Å². The lowest BCUT2D eigenvalue weighted by atomic mass is 10.2. The second kappa shape index (κ2) is 9.07. The molecule has 0 bridgehead atoms. The number of aromatic hydroxyl groups is 2. The van der Waals surface area contributed by atoms with E-state index < -0.39 is 7.82 Å². The molecule has 0 radical (unpaired) electrons. The zero-order valence-electron chi connectivity index (χ0n) is 13.9. The summed E-state index contributed by atoms with van der Waals surface area (Å²) in [6.45, 7) is 0. The minimum Gasteiger partial charge on any atom is -0.506 e. The first-order valence-electron chi connectivity index (χ1n) is 7.59. The molecule has 2 aromatic heterocycles. The Morgan fingerprint density at radius 2 is 0.963 bits per heavy atom. The van der Waals surface area contributed by atoms with Crippen LogP contribution in [-0.2, 0) is 4.57 Å². The maximum absolute atomic E-state index is 9.31. The molecule has 0 aliphatic heterocycles. The van der Waals surface area contributed by atoms with Gasteiger partial charge in [0.2, 0.25) is 0 Å². The fourth-order valence-electron chi connectivity index (χ4n) is 2.18. The number of phenolic OH excluding ortho intramolecular Hbond substituents is 2. The standard InChI is InChI=1S/2C9H7NO.H3O4P/c2*11-8-5-1-3-7-4-2-6-10-9(7)8;1-5(2,3)4/h2*1-6,11H;(H3,1,2,3,4). The van der Waals surface area contributed by atoms with E-state index in [2.05, 4.69) is 9.97 Å². The lowest BCUT2D eigenvalue weighted by Gasteiger charge is -1.96. The Bertz CT molecular complexity index is 987. The number of fused-ring (bicyclic) bond motifs is 2. The van der Waals surface area contributed by atoms with Gasteiger partial charge in [-0.05, 0) is 24.3 Å². The van der Waals surface area contributed by atoms with Crippen LogP contribution in [0.25, 0.3) is 21.8 Å². The molecule has 0 saturated heterocycles. The lowest BCUT2D eigenvalue weighted by molar-refractivity contribution is 0.275. The molecular weight excluding hydrogens is 371 g/mol. The molecule has 0 aliphatic rings. The first-order valence-corrected chi connectivity index (χ1v) is 9.16. The van der Waals surface area contributed by atoms with Crippen LogP contribution in [0.2, 0.25) is 0 Å². The average Bonchev–Trinajstić information content (AvgIpc) is 2.62. The van der Waals surface area contributed by atoms with E-state index in [-0.39, 0.29) is 11.5 Å². The highest BCUT2D eigenvalue weighted by Gasteiger charge is 2.00. The topological polar surface area (TPSA) is 144 Å². The third-order valence-corrected chi connectivity index (χ3v) is 3.22. The second-order valence-electron chi connectivity index (χ2n) is 5.22. The lowest BCUT2D eigenvalue weighted by Crippen LogP contribution is -1.76. The van der Waals surface area contributed by atoms with Gasteiger partial charge in [0, 0.05) is 23.2 Å². The van der Waals surface area contributed by atoms with Crippen molar-refractivity contribution in [2.24, 2.45) is 0 Å². The smallest absolute Gasteiger partial charge is 0.466 e. The monoisotopic (exact) mass is 388 g/mol. The Morgan fingerprint density at radius 1 is 0.630 bits per heavy atom. The summed E-state index contributed by atoms with van der Waals surface area (Å²) in [6.07, 6.45) is 3.34. The Hall–Kier alpha value is -3.03. The van der Waals surface area contributed by atoms with Crippen molar-refractivity contribution in [2.45, 2.75) is 0 Å². The van der Waals surface area contributed by atoms with Crippen LogP contribution in [0, 0.1) is 0 Å². The van der Waals surface area contributed by atoms with Crippen LogP contribution in [0.5, 0.6) is 11.5 Å². The van der Waals surface area contributed by atoms with Gasteiger partial charge in [-0.15, -0.1) is 0 Å². The second-order valence-corrected chi connectivity index (χ2v) is 6.24. The van der Waals surface area contributed by atoms with E-state index >= 15 is 0 Å². The summed E-state index contributed by atoms with van der Waals surface area (Å²) in [6, 6.07) is 18.3. The number of pyridine rings is 2. The molecule has 140 valence electrons. The average molecular weight is 388 g/mol. The third kappa shape index (κ3) is 6.65. The van der Waals surface area contributed by atoms with E-state index in [1.165, 1.54) is 0 Å². The molecular formula is C18H17N2O6P. The van der Waals surface area contributed by atoms with Crippen molar-refractivity contribution in [3.63, 3.8) is 0 Å². The normalized spacial score (nSPS) is 10.5. The molecule has 0 unspecified atom stereocenters. The SMILES string of the molecule is O=P(O)(O)O.Oc1cccc2cccnc12.Oc1cccc2cccnc12. The number of hydrogen-bond acceptors (Lipinski definition) is 5. The van der Waals surface area contributed by atoms with Gasteiger partial charge in [-0.3, -0.25) is 9.97 Å². The van der Waals surface area contributed by atoms with E-state index in [0.717, 1.165) is 10.8 Å².